The minimum atomic E-state index is -1.29. The van der Waals surface area contributed by atoms with E-state index in [1.807, 2.05) is 13.8 Å². The first-order chi connectivity index (χ1) is 11.2. The van der Waals surface area contributed by atoms with Crippen LogP contribution in [0, 0.1) is 17.8 Å². The van der Waals surface area contributed by atoms with Crippen molar-refractivity contribution in [2.24, 2.45) is 17.8 Å². The van der Waals surface area contributed by atoms with Crippen LogP contribution < -0.4 is 15.5 Å². The second-order valence-corrected chi connectivity index (χ2v) is 6.49. The zero-order chi connectivity index (χ0) is 18.3. The van der Waals surface area contributed by atoms with Gasteiger partial charge in [0.25, 0.3) is 0 Å². The van der Waals surface area contributed by atoms with Gasteiger partial charge in [0.05, 0.1) is 5.97 Å². The average Bonchev–Trinajstić information content (AvgIpc) is 2.46. The molecule has 132 valence electrons. The highest BCUT2D eigenvalue weighted by molar-refractivity contribution is 5.92. The second kappa shape index (κ2) is 9.05. The van der Waals surface area contributed by atoms with E-state index in [0.29, 0.717) is 18.0 Å². The molecule has 1 N–H and O–H groups in total. The number of hydrogen-bond acceptors (Lipinski definition) is 5. The predicted octanol–water partition coefficient (Wildman–Crippen LogP) is 0.817. The van der Waals surface area contributed by atoms with Gasteiger partial charge in [-0.1, -0.05) is 39.3 Å². The summed E-state index contributed by atoms with van der Waals surface area (Å²) in [6.07, 6.45) is 1.29. The molecule has 6 nitrogen and oxygen atoms in total. The van der Waals surface area contributed by atoms with Crippen molar-refractivity contribution in [2.75, 3.05) is 5.32 Å². The Morgan fingerprint density at radius 1 is 1.00 bits per heavy atom. The minimum absolute atomic E-state index is 0.0204. The van der Waals surface area contributed by atoms with Gasteiger partial charge in [-0.05, 0) is 36.0 Å². The Labute approximate surface area is 141 Å². The van der Waals surface area contributed by atoms with Crippen molar-refractivity contribution < 1.29 is 24.6 Å². The van der Waals surface area contributed by atoms with E-state index in [0.717, 1.165) is 6.42 Å². The molecule has 0 aliphatic rings. The van der Waals surface area contributed by atoms with Crippen LogP contribution >= 0.6 is 0 Å². The van der Waals surface area contributed by atoms with Gasteiger partial charge in [-0.25, -0.2) is 0 Å². The van der Waals surface area contributed by atoms with E-state index in [2.05, 4.69) is 5.32 Å². The minimum Gasteiger partial charge on any atom is -0.550 e. The third-order valence-electron chi connectivity index (χ3n) is 3.96. The largest absolute Gasteiger partial charge is 0.550 e. The molecule has 0 saturated carbocycles. The average molecular weight is 333 g/mol. The van der Waals surface area contributed by atoms with Crippen LogP contribution in [0.1, 0.15) is 50.4 Å². The number of carboxylic acids is 2. The molecule has 2 unspecified atom stereocenters. The van der Waals surface area contributed by atoms with Crippen LogP contribution in [-0.2, 0) is 9.59 Å². The van der Waals surface area contributed by atoms with Crippen molar-refractivity contribution >= 4 is 23.5 Å². The molecule has 0 heterocycles. The maximum atomic E-state index is 12.1. The van der Waals surface area contributed by atoms with Crippen molar-refractivity contribution in [2.45, 2.75) is 40.0 Å². The molecule has 0 aromatic heterocycles. The molecule has 0 radical (unpaired) electrons. The third kappa shape index (κ3) is 6.40. The SMILES string of the molecule is CC(C)CCC(C(=O)[O-])C(C)CC(=O)Nc1ccc(C(=O)[O-])cc1. The van der Waals surface area contributed by atoms with Crippen LogP contribution in [0.25, 0.3) is 0 Å². The van der Waals surface area contributed by atoms with Crippen LogP contribution in [0.2, 0.25) is 0 Å². The lowest BCUT2D eigenvalue weighted by atomic mass is 9.85. The smallest absolute Gasteiger partial charge is 0.224 e. The van der Waals surface area contributed by atoms with E-state index in [4.69, 9.17) is 0 Å². The summed E-state index contributed by atoms with van der Waals surface area (Å²) in [4.78, 5) is 34.0. The summed E-state index contributed by atoms with van der Waals surface area (Å²) in [5.41, 5.74) is 0.469. The van der Waals surface area contributed by atoms with Crippen LogP contribution in [0.15, 0.2) is 24.3 Å². The lowest BCUT2D eigenvalue weighted by Gasteiger charge is -2.25. The van der Waals surface area contributed by atoms with Crippen LogP contribution in [0.5, 0.6) is 0 Å². The Kier molecular flexibility index (Phi) is 7.42. The molecule has 0 spiro atoms. The molecular formula is C18H23NO5-2. The summed E-state index contributed by atoms with van der Waals surface area (Å²) < 4.78 is 0. The molecule has 0 fully saturated rings. The van der Waals surface area contributed by atoms with Gasteiger partial charge in [-0.3, -0.25) is 4.79 Å². The Morgan fingerprint density at radius 3 is 2.04 bits per heavy atom. The second-order valence-electron chi connectivity index (χ2n) is 6.49. The van der Waals surface area contributed by atoms with Crippen molar-refractivity contribution in [3.05, 3.63) is 29.8 Å². The van der Waals surface area contributed by atoms with Crippen molar-refractivity contribution in [3.8, 4) is 0 Å². The Morgan fingerprint density at radius 2 is 1.58 bits per heavy atom. The Bertz CT molecular complexity index is 580. The Balaban J connectivity index is 2.61. The van der Waals surface area contributed by atoms with E-state index in [-0.39, 0.29) is 23.8 Å². The highest BCUT2D eigenvalue weighted by Gasteiger charge is 2.21. The normalized spacial score (nSPS) is 13.3. The van der Waals surface area contributed by atoms with E-state index in [1.54, 1.807) is 6.92 Å². The number of aliphatic carboxylic acids is 1. The maximum absolute atomic E-state index is 12.1. The van der Waals surface area contributed by atoms with Gasteiger partial charge in [0.15, 0.2) is 0 Å². The van der Waals surface area contributed by atoms with Gasteiger partial charge in [0.1, 0.15) is 0 Å². The summed E-state index contributed by atoms with van der Waals surface area (Å²) in [7, 11) is 0. The van der Waals surface area contributed by atoms with Gasteiger partial charge < -0.3 is 25.1 Å². The molecule has 6 heteroatoms. The lowest BCUT2D eigenvalue weighted by Crippen LogP contribution is -2.36. The summed E-state index contributed by atoms with van der Waals surface area (Å²) >= 11 is 0. The fourth-order valence-electron chi connectivity index (χ4n) is 2.48. The lowest BCUT2D eigenvalue weighted by molar-refractivity contribution is -0.313. The highest BCUT2D eigenvalue weighted by atomic mass is 16.4. The van der Waals surface area contributed by atoms with Crippen LogP contribution in [0.3, 0.4) is 0 Å². The quantitative estimate of drug-likeness (QED) is 0.719. The van der Waals surface area contributed by atoms with Gasteiger partial charge in [0, 0.05) is 24.0 Å². The van der Waals surface area contributed by atoms with E-state index < -0.39 is 17.9 Å². The highest BCUT2D eigenvalue weighted by Crippen LogP contribution is 2.23. The fourth-order valence-corrected chi connectivity index (χ4v) is 2.48. The van der Waals surface area contributed by atoms with Gasteiger partial charge >= 0.3 is 0 Å². The van der Waals surface area contributed by atoms with Gasteiger partial charge in [0.2, 0.25) is 5.91 Å². The number of nitrogens with one attached hydrogen (secondary N) is 1. The molecule has 0 bridgehead atoms. The molecule has 1 aromatic rings. The number of carbonyl (C=O) groups is 3. The zero-order valence-electron chi connectivity index (χ0n) is 14.2. The molecule has 0 saturated heterocycles. The van der Waals surface area contributed by atoms with Crippen LogP contribution in [0.4, 0.5) is 5.69 Å². The summed E-state index contributed by atoms with van der Waals surface area (Å²) in [5.74, 6) is -3.37. The summed E-state index contributed by atoms with van der Waals surface area (Å²) in [6.45, 7) is 5.75. The zero-order valence-corrected chi connectivity index (χ0v) is 14.2. The topological polar surface area (TPSA) is 109 Å². The first-order valence-electron chi connectivity index (χ1n) is 8.02. The molecule has 0 aliphatic carbocycles. The monoisotopic (exact) mass is 333 g/mol. The first kappa shape index (κ1) is 19.7. The van der Waals surface area contributed by atoms with E-state index in [1.165, 1.54) is 24.3 Å². The summed E-state index contributed by atoms with van der Waals surface area (Å²) in [5, 5.41) is 24.6. The van der Waals surface area contributed by atoms with Crippen molar-refractivity contribution in [1.82, 2.24) is 0 Å². The molecule has 0 aliphatic heterocycles. The van der Waals surface area contributed by atoms with Crippen molar-refractivity contribution in [1.29, 1.82) is 0 Å². The number of benzene rings is 1. The predicted molar refractivity (Wildman–Crippen MR) is 85.8 cm³/mol. The van der Waals surface area contributed by atoms with Gasteiger partial charge in [-0.2, -0.15) is 0 Å². The molecule has 2 atom stereocenters. The number of carboxylic acid groups (broad SMARTS) is 2. The number of rotatable bonds is 9. The number of carbonyl (C=O) groups excluding carboxylic acids is 3. The number of hydrogen-bond donors (Lipinski definition) is 1. The Hall–Kier alpha value is -2.37. The van der Waals surface area contributed by atoms with E-state index in [9.17, 15) is 24.6 Å². The standard InChI is InChI=1S/C18H25NO5/c1-11(2)4-9-15(18(23)24)12(3)10-16(20)19-14-7-5-13(6-8-14)17(21)22/h5-8,11-12,15H,4,9-10H2,1-3H3,(H,19,20)(H,21,22)(H,23,24)/p-2. The van der Waals surface area contributed by atoms with Gasteiger partial charge in [-0.15, -0.1) is 0 Å². The molecule has 1 aromatic carbocycles. The number of anilines is 1. The number of aromatic carboxylic acids is 1. The first-order valence-corrected chi connectivity index (χ1v) is 8.02. The molecule has 1 rings (SSSR count). The molecule has 24 heavy (non-hydrogen) atoms. The molecular weight excluding hydrogens is 310 g/mol. The van der Waals surface area contributed by atoms with E-state index >= 15 is 0 Å². The third-order valence-corrected chi connectivity index (χ3v) is 3.96. The maximum Gasteiger partial charge on any atom is 0.224 e. The van der Waals surface area contributed by atoms with Crippen molar-refractivity contribution in [3.63, 3.8) is 0 Å². The number of amides is 1. The summed E-state index contributed by atoms with van der Waals surface area (Å²) in [6, 6.07) is 5.59. The molecule has 1 amide bonds. The fraction of sp³-hybridized carbons (Fsp3) is 0.500. The van der Waals surface area contributed by atoms with Crippen LogP contribution in [-0.4, -0.2) is 17.8 Å².